The highest BCUT2D eigenvalue weighted by atomic mass is 16.2. The van der Waals surface area contributed by atoms with Crippen LogP contribution in [-0.2, 0) is 4.79 Å². The summed E-state index contributed by atoms with van der Waals surface area (Å²) in [6.07, 6.45) is 6.74. The monoisotopic (exact) mass is 234 g/mol. The Morgan fingerprint density at radius 3 is 2.94 bits per heavy atom. The lowest BCUT2D eigenvalue weighted by molar-refractivity contribution is -0.120. The molecule has 17 heavy (non-hydrogen) atoms. The van der Waals surface area contributed by atoms with Gasteiger partial charge in [0.15, 0.2) is 5.82 Å². The summed E-state index contributed by atoms with van der Waals surface area (Å²) in [5.74, 6) is 0.369. The van der Waals surface area contributed by atoms with Crippen molar-refractivity contribution in [3.8, 4) is 0 Å². The molecule has 0 aromatic carbocycles. The van der Waals surface area contributed by atoms with Gasteiger partial charge in [-0.25, -0.2) is 0 Å². The Labute approximate surface area is 101 Å². The first-order valence-electron chi connectivity index (χ1n) is 6.11. The lowest BCUT2D eigenvalue weighted by atomic mass is 9.94. The summed E-state index contributed by atoms with van der Waals surface area (Å²) < 4.78 is 0. The molecule has 5 nitrogen and oxygen atoms in total. The molecule has 0 bridgehead atoms. The second-order valence-corrected chi connectivity index (χ2v) is 4.51. The standard InChI is InChI=1S/C12H18N4O/c13-10-6-3-1-2-5-9(10)12(17)15-11-7-4-8-14-16-11/h4,7-10H,1-3,5-6,13H2,(H,15,16,17). The van der Waals surface area contributed by atoms with Crippen LogP contribution >= 0.6 is 0 Å². The molecule has 1 heterocycles. The van der Waals surface area contributed by atoms with Gasteiger partial charge in [-0.05, 0) is 25.0 Å². The van der Waals surface area contributed by atoms with Gasteiger partial charge >= 0.3 is 0 Å². The summed E-state index contributed by atoms with van der Waals surface area (Å²) in [6.45, 7) is 0. The van der Waals surface area contributed by atoms with Crippen molar-refractivity contribution in [2.24, 2.45) is 11.7 Å². The van der Waals surface area contributed by atoms with Crippen LogP contribution in [0, 0.1) is 5.92 Å². The highest BCUT2D eigenvalue weighted by Crippen LogP contribution is 2.23. The maximum atomic E-state index is 12.1. The van der Waals surface area contributed by atoms with Gasteiger partial charge < -0.3 is 11.1 Å². The summed E-state index contributed by atoms with van der Waals surface area (Å²) in [7, 11) is 0. The topological polar surface area (TPSA) is 80.9 Å². The van der Waals surface area contributed by atoms with E-state index in [9.17, 15) is 4.79 Å². The van der Waals surface area contributed by atoms with Gasteiger partial charge in [-0.15, -0.1) is 5.10 Å². The molecule has 2 unspecified atom stereocenters. The van der Waals surface area contributed by atoms with Crippen molar-refractivity contribution in [2.75, 3.05) is 5.32 Å². The Balaban J connectivity index is 1.99. The number of carbonyl (C=O) groups excluding carboxylic acids is 1. The third-order valence-corrected chi connectivity index (χ3v) is 3.23. The number of nitrogens with zero attached hydrogens (tertiary/aromatic N) is 2. The number of hydrogen-bond acceptors (Lipinski definition) is 4. The van der Waals surface area contributed by atoms with Gasteiger partial charge in [0.05, 0.1) is 5.92 Å². The molecular weight excluding hydrogens is 216 g/mol. The van der Waals surface area contributed by atoms with Crippen LogP contribution in [0.15, 0.2) is 18.3 Å². The number of nitrogens with two attached hydrogens (primary N) is 1. The third kappa shape index (κ3) is 3.23. The molecule has 2 rings (SSSR count). The van der Waals surface area contributed by atoms with Crippen LogP contribution in [0.5, 0.6) is 0 Å². The smallest absolute Gasteiger partial charge is 0.230 e. The van der Waals surface area contributed by atoms with E-state index in [0.29, 0.717) is 5.82 Å². The number of rotatable bonds is 2. The van der Waals surface area contributed by atoms with Crippen molar-refractivity contribution < 1.29 is 4.79 Å². The summed E-state index contributed by atoms with van der Waals surface area (Å²) in [4.78, 5) is 12.1. The molecule has 1 aliphatic carbocycles. The van der Waals surface area contributed by atoms with E-state index in [4.69, 9.17) is 5.73 Å². The zero-order valence-corrected chi connectivity index (χ0v) is 9.80. The average molecular weight is 234 g/mol. The largest absolute Gasteiger partial charge is 0.327 e. The lowest BCUT2D eigenvalue weighted by Gasteiger charge is -2.19. The molecule has 5 heteroatoms. The fraction of sp³-hybridized carbons (Fsp3) is 0.583. The van der Waals surface area contributed by atoms with Gasteiger partial charge in [0.1, 0.15) is 0 Å². The highest BCUT2D eigenvalue weighted by molar-refractivity contribution is 5.92. The summed E-state index contributed by atoms with van der Waals surface area (Å²) in [5, 5.41) is 10.3. The number of nitrogens with one attached hydrogen (secondary N) is 1. The number of aromatic nitrogens is 2. The highest BCUT2D eigenvalue weighted by Gasteiger charge is 2.27. The Hall–Kier alpha value is -1.49. The Morgan fingerprint density at radius 2 is 2.18 bits per heavy atom. The average Bonchev–Trinajstić information content (AvgIpc) is 2.55. The molecule has 3 N–H and O–H groups in total. The quantitative estimate of drug-likeness (QED) is 0.756. The van der Waals surface area contributed by atoms with Crippen molar-refractivity contribution >= 4 is 11.7 Å². The zero-order chi connectivity index (χ0) is 12.1. The van der Waals surface area contributed by atoms with Crippen molar-refractivity contribution in [3.05, 3.63) is 18.3 Å². The Morgan fingerprint density at radius 1 is 1.35 bits per heavy atom. The summed E-state index contributed by atoms with van der Waals surface area (Å²) in [6, 6.07) is 3.44. The lowest BCUT2D eigenvalue weighted by Crippen LogP contribution is -2.38. The van der Waals surface area contributed by atoms with E-state index in [0.717, 1.165) is 25.7 Å². The predicted molar refractivity (Wildman–Crippen MR) is 65.2 cm³/mol. The molecule has 0 saturated heterocycles. The molecule has 1 saturated carbocycles. The number of amides is 1. The van der Waals surface area contributed by atoms with E-state index in [1.807, 2.05) is 0 Å². The maximum absolute atomic E-state index is 12.1. The first kappa shape index (κ1) is 12.0. The molecule has 0 radical (unpaired) electrons. The molecule has 0 aliphatic heterocycles. The van der Waals surface area contributed by atoms with Crippen LogP contribution in [0.25, 0.3) is 0 Å². The number of carbonyl (C=O) groups is 1. The maximum Gasteiger partial charge on any atom is 0.230 e. The Kier molecular flexibility index (Phi) is 4.03. The van der Waals surface area contributed by atoms with Gasteiger partial charge in [0, 0.05) is 12.2 Å². The van der Waals surface area contributed by atoms with Crippen molar-refractivity contribution in [1.29, 1.82) is 0 Å². The van der Waals surface area contributed by atoms with Crippen LogP contribution in [-0.4, -0.2) is 22.1 Å². The first-order chi connectivity index (χ1) is 8.27. The molecule has 0 spiro atoms. The van der Waals surface area contributed by atoms with Crippen molar-refractivity contribution in [2.45, 2.75) is 38.1 Å². The predicted octanol–water partition coefficient (Wildman–Crippen LogP) is 1.32. The minimum atomic E-state index is -0.0977. The number of anilines is 1. The Bertz CT molecular complexity index is 368. The SMILES string of the molecule is NC1CCCCCC1C(=O)Nc1cccnn1. The van der Waals surface area contributed by atoms with Crippen molar-refractivity contribution in [3.63, 3.8) is 0 Å². The molecule has 92 valence electrons. The molecule has 1 amide bonds. The summed E-state index contributed by atoms with van der Waals surface area (Å²) >= 11 is 0. The van der Waals surface area contributed by atoms with Gasteiger partial charge in [0.25, 0.3) is 0 Å². The minimum Gasteiger partial charge on any atom is -0.327 e. The molecule has 1 aromatic rings. The molecule has 1 fully saturated rings. The van der Waals surface area contributed by atoms with E-state index in [2.05, 4.69) is 15.5 Å². The van der Waals surface area contributed by atoms with Crippen LogP contribution in [0.1, 0.15) is 32.1 Å². The number of hydrogen-bond donors (Lipinski definition) is 2. The summed E-state index contributed by atoms with van der Waals surface area (Å²) in [5.41, 5.74) is 6.04. The van der Waals surface area contributed by atoms with Crippen LogP contribution in [0.4, 0.5) is 5.82 Å². The normalized spacial score (nSPS) is 25.0. The van der Waals surface area contributed by atoms with Gasteiger partial charge in [-0.3, -0.25) is 4.79 Å². The van der Waals surface area contributed by atoms with Gasteiger partial charge in [-0.1, -0.05) is 19.3 Å². The fourth-order valence-corrected chi connectivity index (χ4v) is 2.25. The first-order valence-corrected chi connectivity index (χ1v) is 6.11. The van der Waals surface area contributed by atoms with E-state index in [1.54, 1.807) is 18.3 Å². The van der Waals surface area contributed by atoms with Crippen LogP contribution in [0.2, 0.25) is 0 Å². The van der Waals surface area contributed by atoms with E-state index < -0.39 is 0 Å². The minimum absolute atomic E-state index is 0.0279. The zero-order valence-electron chi connectivity index (χ0n) is 9.80. The molecule has 1 aromatic heterocycles. The second kappa shape index (κ2) is 5.72. The molecule has 1 aliphatic rings. The van der Waals surface area contributed by atoms with Crippen LogP contribution in [0.3, 0.4) is 0 Å². The molecular formula is C12H18N4O. The van der Waals surface area contributed by atoms with Gasteiger partial charge in [-0.2, -0.15) is 5.10 Å². The van der Waals surface area contributed by atoms with Crippen molar-refractivity contribution in [1.82, 2.24) is 10.2 Å². The van der Waals surface area contributed by atoms with Crippen LogP contribution < -0.4 is 11.1 Å². The van der Waals surface area contributed by atoms with E-state index in [-0.39, 0.29) is 17.9 Å². The third-order valence-electron chi connectivity index (χ3n) is 3.23. The van der Waals surface area contributed by atoms with Gasteiger partial charge in [0.2, 0.25) is 5.91 Å². The fourth-order valence-electron chi connectivity index (χ4n) is 2.25. The van der Waals surface area contributed by atoms with E-state index >= 15 is 0 Å². The van der Waals surface area contributed by atoms with E-state index in [1.165, 1.54) is 6.42 Å². The second-order valence-electron chi connectivity index (χ2n) is 4.51. The molecule has 2 atom stereocenters.